The van der Waals surface area contributed by atoms with E-state index in [1.165, 1.54) is 13.0 Å². The molecule has 0 bridgehead atoms. The summed E-state index contributed by atoms with van der Waals surface area (Å²) in [6.07, 6.45) is 6.00. The van der Waals surface area contributed by atoms with Crippen molar-refractivity contribution in [1.29, 1.82) is 0 Å². The normalized spacial score (nSPS) is 11.3. The summed E-state index contributed by atoms with van der Waals surface area (Å²) in [5, 5.41) is 8.36. The number of methoxy groups -OCH3 is 1. The van der Waals surface area contributed by atoms with Crippen molar-refractivity contribution in [3.63, 3.8) is 0 Å². The van der Waals surface area contributed by atoms with Crippen molar-refractivity contribution in [3.05, 3.63) is 35.9 Å². The standard InChI is InChI=1S/C10H10O3.C8H16O2/c1-13-9-5-2-8(3-6-9)4-7-10(11)12;1-4-5-6-7(2)10-8(3)9/h2-7H,1H3,(H,11,12);7H,4-6H2,1-3H3. The van der Waals surface area contributed by atoms with Crippen LogP contribution in [0, 0.1) is 0 Å². The minimum Gasteiger partial charge on any atom is -0.497 e. The molecule has 0 heterocycles. The second-order valence-corrected chi connectivity index (χ2v) is 5.01. The summed E-state index contributed by atoms with van der Waals surface area (Å²) in [6.45, 7) is 5.50. The van der Waals surface area contributed by atoms with Crippen LogP contribution in [0.2, 0.25) is 0 Å². The van der Waals surface area contributed by atoms with Crippen LogP contribution >= 0.6 is 0 Å². The van der Waals surface area contributed by atoms with Gasteiger partial charge < -0.3 is 14.6 Å². The van der Waals surface area contributed by atoms with Crippen LogP contribution in [0.5, 0.6) is 5.75 Å². The number of unbranched alkanes of at least 4 members (excludes halogenated alkanes) is 1. The Kier molecular flexibility index (Phi) is 11.0. The lowest BCUT2D eigenvalue weighted by Crippen LogP contribution is -2.11. The van der Waals surface area contributed by atoms with E-state index in [0.29, 0.717) is 0 Å². The number of carbonyl (C=O) groups excluding carboxylic acids is 1. The van der Waals surface area contributed by atoms with E-state index in [0.717, 1.165) is 36.7 Å². The summed E-state index contributed by atoms with van der Waals surface area (Å²) < 4.78 is 9.87. The highest BCUT2D eigenvalue weighted by Crippen LogP contribution is 2.12. The molecule has 1 atom stereocenters. The SMILES string of the molecule is CCCCC(C)OC(C)=O.COc1ccc(C=CC(=O)O)cc1. The first kappa shape index (κ1) is 20.7. The van der Waals surface area contributed by atoms with Gasteiger partial charge in [0.2, 0.25) is 0 Å². The Hall–Kier alpha value is -2.30. The third-order valence-electron chi connectivity index (χ3n) is 2.87. The van der Waals surface area contributed by atoms with Gasteiger partial charge in [-0.15, -0.1) is 0 Å². The maximum absolute atomic E-state index is 10.4. The number of hydrogen-bond acceptors (Lipinski definition) is 4. The van der Waals surface area contributed by atoms with Crippen molar-refractivity contribution in [3.8, 4) is 5.75 Å². The van der Waals surface area contributed by atoms with Gasteiger partial charge in [-0.1, -0.05) is 31.9 Å². The van der Waals surface area contributed by atoms with E-state index in [4.69, 9.17) is 14.6 Å². The molecule has 128 valence electrons. The highest BCUT2D eigenvalue weighted by atomic mass is 16.5. The quantitative estimate of drug-likeness (QED) is 0.608. The largest absolute Gasteiger partial charge is 0.497 e. The van der Waals surface area contributed by atoms with Crippen LogP contribution in [0.3, 0.4) is 0 Å². The number of ether oxygens (including phenoxy) is 2. The van der Waals surface area contributed by atoms with E-state index in [9.17, 15) is 9.59 Å². The Balaban J connectivity index is 0.000000438. The molecule has 0 fully saturated rings. The smallest absolute Gasteiger partial charge is 0.328 e. The summed E-state index contributed by atoms with van der Waals surface area (Å²) in [5.41, 5.74) is 0.836. The summed E-state index contributed by atoms with van der Waals surface area (Å²) in [4.78, 5) is 20.6. The van der Waals surface area contributed by atoms with E-state index in [1.54, 1.807) is 31.4 Å². The fourth-order valence-electron chi connectivity index (χ4n) is 1.72. The van der Waals surface area contributed by atoms with Crippen molar-refractivity contribution in [2.75, 3.05) is 7.11 Å². The monoisotopic (exact) mass is 322 g/mol. The molecule has 0 spiro atoms. The number of benzene rings is 1. The van der Waals surface area contributed by atoms with E-state index in [-0.39, 0.29) is 12.1 Å². The van der Waals surface area contributed by atoms with Gasteiger partial charge in [-0.05, 0) is 37.1 Å². The van der Waals surface area contributed by atoms with Crippen molar-refractivity contribution < 1.29 is 24.2 Å². The lowest BCUT2D eigenvalue weighted by Gasteiger charge is -2.09. The number of aliphatic carboxylic acids is 1. The molecular weight excluding hydrogens is 296 g/mol. The van der Waals surface area contributed by atoms with Crippen LogP contribution < -0.4 is 4.74 Å². The molecule has 0 aliphatic carbocycles. The van der Waals surface area contributed by atoms with Crippen LogP contribution in [0.25, 0.3) is 6.08 Å². The average Bonchev–Trinajstić information content (AvgIpc) is 2.51. The minimum absolute atomic E-state index is 0.0949. The van der Waals surface area contributed by atoms with Crippen LogP contribution in [-0.2, 0) is 14.3 Å². The second kappa shape index (κ2) is 12.3. The molecule has 1 rings (SSSR count). The third kappa shape index (κ3) is 12.0. The first-order chi connectivity index (χ1) is 10.9. The van der Waals surface area contributed by atoms with E-state index in [1.807, 2.05) is 6.92 Å². The molecular formula is C18H26O5. The number of hydrogen-bond donors (Lipinski definition) is 1. The maximum atomic E-state index is 10.4. The summed E-state index contributed by atoms with van der Waals surface area (Å²) >= 11 is 0. The van der Waals surface area contributed by atoms with Crippen molar-refractivity contribution in [2.24, 2.45) is 0 Å². The van der Waals surface area contributed by atoms with Gasteiger partial charge in [0.05, 0.1) is 13.2 Å². The van der Waals surface area contributed by atoms with Gasteiger partial charge in [0.15, 0.2) is 0 Å². The second-order valence-electron chi connectivity index (χ2n) is 5.01. The number of carboxylic acid groups (broad SMARTS) is 1. The minimum atomic E-state index is -0.948. The van der Waals surface area contributed by atoms with Crippen LogP contribution in [0.1, 0.15) is 45.6 Å². The fourth-order valence-corrected chi connectivity index (χ4v) is 1.72. The van der Waals surface area contributed by atoms with Gasteiger partial charge in [0, 0.05) is 13.0 Å². The molecule has 0 saturated carbocycles. The zero-order valence-electron chi connectivity index (χ0n) is 14.2. The summed E-state index contributed by atoms with van der Waals surface area (Å²) in [7, 11) is 1.59. The van der Waals surface area contributed by atoms with Crippen LogP contribution in [0.4, 0.5) is 0 Å². The molecule has 1 N–H and O–H groups in total. The number of esters is 1. The fraction of sp³-hybridized carbons (Fsp3) is 0.444. The lowest BCUT2D eigenvalue weighted by atomic mass is 10.2. The molecule has 1 aromatic carbocycles. The summed E-state index contributed by atoms with van der Waals surface area (Å²) in [5.74, 6) is -0.369. The van der Waals surface area contributed by atoms with Crippen LogP contribution in [0.15, 0.2) is 30.3 Å². The molecule has 23 heavy (non-hydrogen) atoms. The molecule has 5 heteroatoms. The van der Waals surface area contributed by atoms with E-state index in [2.05, 4.69) is 6.92 Å². The summed E-state index contributed by atoms with van der Waals surface area (Å²) in [6, 6.07) is 7.14. The predicted octanol–water partition coefficient (Wildman–Crippen LogP) is 3.92. The first-order valence-corrected chi connectivity index (χ1v) is 7.61. The van der Waals surface area contributed by atoms with Gasteiger partial charge in [-0.3, -0.25) is 4.79 Å². The number of rotatable bonds is 7. The Bertz CT molecular complexity index is 491. The molecule has 1 aromatic rings. The molecule has 0 saturated heterocycles. The number of carbonyl (C=O) groups is 2. The molecule has 0 aliphatic heterocycles. The van der Waals surface area contributed by atoms with Crippen molar-refractivity contribution >= 4 is 18.0 Å². The van der Waals surface area contributed by atoms with Gasteiger partial charge in [0.1, 0.15) is 5.75 Å². The molecule has 5 nitrogen and oxygen atoms in total. The molecule has 0 radical (unpaired) electrons. The number of carboxylic acids is 1. The Morgan fingerprint density at radius 2 is 1.87 bits per heavy atom. The van der Waals surface area contributed by atoms with Gasteiger partial charge in [-0.25, -0.2) is 4.79 Å². The predicted molar refractivity (Wildman–Crippen MR) is 90.4 cm³/mol. The third-order valence-corrected chi connectivity index (χ3v) is 2.87. The van der Waals surface area contributed by atoms with E-state index < -0.39 is 5.97 Å². The van der Waals surface area contributed by atoms with Gasteiger partial charge in [-0.2, -0.15) is 0 Å². The Labute approximate surface area is 137 Å². The van der Waals surface area contributed by atoms with Crippen LogP contribution in [-0.4, -0.2) is 30.3 Å². The van der Waals surface area contributed by atoms with Gasteiger partial charge in [0.25, 0.3) is 0 Å². The zero-order valence-corrected chi connectivity index (χ0v) is 14.2. The molecule has 1 unspecified atom stereocenters. The first-order valence-electron chi connectivity index (χ1n) is 7.61. The molecule has 0 amide bonds. The average molecular weight is 322 g/mol. The van der Waals surface area contributed by atoms with Crippen molar-refractivity contribution in [1.82, 2.24) is 0 Å². The molecule has 0 aromatic heterocycles. The van der Waals surface area contributed by atoms with Crippen molar-refractivity contribution in [2.45, 2.75) is 46.1 Å². The molecule has 0 aliphatic rings. The maximum Gasteiger partial charge on any atom is 0.328 e. The highest BCUT2D eigenvalue weighted by Gasteiger charge is 2.02. The van der Waals surface area contributed by atoms with Gasteiger partial charge >= 0.3 is 11.9 Å². The highest BCUT2D eigenvalue weighted by molar-refractivity contribution is 5.85. The topological polar surface area (TPSA) is 72.8 Å². The van der Waals surface area contributed by atoms with E-state index >= 15 is 0 Å². The zero-order chi connectivity index (χ0) is 17.7. The lowest BCUT2D eigenvalue weighted by molar-refractivity contribution is -0.145. The Morgan fingerprint density at radius 1 is 1.26 bits per heavy atom. The Morgan fingerprint density at radius 3 is 2.30 bits per heavy atom.